The minimum absolute atomic E-state index is 0.311. The van der Waals surface area contributed by atoms with Crippen molar-refractivity contribution in [2.45, 2.75) is 4.90 Å². The normalized spacial score (nSPS) is 10.2. The van der Waals surface area contributed by atoms with Crippen molar-refractivity contribution in [3.8, 4) is 0 Å². The van der Waals surface area contributed by atoms with Gasteiger partial charge in [-0.05, 0) is 24.3 Å². The fourth-order valence-electron chi connectivity index (χ4n) is 1.35. The second-order valence-electron chi connectivity index (χ2n) is 3.45. The number of nitrogens with zero attached hydrogens (tertiary/aromatic N) is 1. The highest BCUT2D eigenvalue weighted by atomic mass is 32.2. The largest absolute Gasteiger partial charge is 0.369 e. The van der Waals surface area contributed by atoms with Crippen molar-refractivity contribution in [1.82, 2.24) is 4.98 Å². The van der Waals surface area contributed by atoms with Gasteiger partial charge in [0.15, 0.2) is 0 Å². The van der Waals surface area contributed by atoms with Gasteiger partial charge in [0.05, 0.1) is 6.20 Å². The summed E-state index contributed by atoms with van der Waals surface area (Å²) in [6.45, 7) is 0.804. The van der Waals surface area contributed by atoms with Crippen molar-refractivity contribution in [3.05, 3.63) is 54.5 Å². The van der Waals surface area contributed by atoms with E-state index in [2.05, 4.69) is 22.4 Å². The lowest BCUT2D eigenvalue weighted by Crippen LogP contribution is -2.05. The number of rotatable bonds is 5. The zero-order chi connectivity index (χ0) is 11.9. The first-order valence-electron chi connectivity index (χ1n) is 5.38. The second-order valence-corrected chi connectivity index (χ2v) is 4.62. The standard InChI is InChI=1S/C13H13FN2S/c14-11-6-7-13(16-10-11)15-8-9-17-12-4-2-1-3-5-12/h1-7,10H,8-9H2,(H,15,16). The van der Waals surface area contributed by atoms with E-state index in [0.717, 1.165) is 12.3 Å². The van der Waals surface area contributed by atoms with Crippen LogP contribution in [0, 0.1) is 5.82 Å². The zero-order valence-corrected chi connectivity index (χ0v) is 10.1. The molecule has 0 aliphatic carbocycles. The molecule has 0 saturated heterocycles. The van der Waals surface area contributed by atoms with Crippen molar-refractivity contribution in [1.29, 1.82) is 0 Å². The van der Waals surface area contributed by atoms with Gasteiger partial charge < -0.3 is 5.32 Å². The summed E-state index contributed by atoms with van der Waals surface area (Å²) >= 11 is 1.78. The smallest absolute Gasteiger partial charge is 0.141 e. The van der Waals surface area contributed by atoms with Gasteiger partial charge >= 0.3 is 0 Å². The molecule has 0 aliphatic heterocycles. The summed E-state index contributed by atoms with van der Waals surface area (Å²) in [5.74, 6) is 1.34. The summed E-state index contributed by atoms with van der Waals surface area (Å²) in [4.78, 5) is 5.18. The average molecular weight is 248 g/mol. The van der Waals surface area contributed by atoms with Gasteiger partial charge in [0.25, 0.3) is 0 Å². The summed E-state index contributed by atoms with van der Waals surface area (Å²) < 4.78 is 12.6. The molecule has 1 aromatic carbocycles. The molecule has 0 bridgehead atoms. The average Bonchev–Trinajstić information content (AvgIpc) is 2.38. The van der Waals surface area contributed by atoms with Crippen LogP contribution in [0.4, 0.5) is 10.2 Å². The molecule has 0 spiro atoms. The second kappa shape index (κ2) is 6.25. The van der Waals surface area contributed by atoms with E-state index in [1.54, 1.807) is 17.8 Å². The number of benzene rings is 1. The van der Waals surface area contributed by atoms with Gasteiger partial charge in [0, 0.05) is 17.2 Å². The SMILES string of the molecule is Fc1ccc(NCCSc2ccccc2)nc1. The number of nitrogens with one attached hydrogen (secondary N) is 1. The third-order valence-corrected chi connectivity index (χ3v) is 3.16. The van der Waals surface area contributed by atoms with Gasteiger partial charge in [-0.2, -0.15) is 0 Å². The maximum Gasteiger partial charge on any atom is 0.141 e. The van der Waals surface area contributed by atoms with E-state index in [0.29, 0.717) is 5.82 Å². The summed E-state index contributed by atoms with van der Waals surface area (Å²) in [6, 6.07) is 13.3. The minimum atomic E-state index is -0.311. The molecule has 0 aliphatic rings. The van der Waals surface area contributed by atoms with Crippen LogP contribution in [-0.2, 0) is 0 Å². The highest BCUT2D eigenvalue weighted by Crippen LogP contribution is 2.16. The van der Waals surface area contributed by atoms with Crippen molar-refractivity contribution in [2.24, 2.45) is 0 Å². The summed E-state index contributed by atoms with van der Waals surface area (Å²) in [6.07, 6.45) is 1.21. The van der Waals surface area contributed by atoms with Crippen molar-refractivity contribution in [3.63, 3.8) is 0 Å². The van der Waals surface area contributed by atoms with Gasteiger partial charge in [-0.3, -0.25) is 0 Å². The molecular weight excluding hydrogens is 235 g/mol. The van der Waals surface area contributed by atoms with Gasteiger partial charge in [0.2, 0.25) is 0 Å². The van der Waals surface area contributed by atoms with Crippen molar-refractivity contribution >= 4 is 17.6 Å². The summed E-state index contributed by atoms with van der Waals surface area (Å²) in [5, 5.41) is 3.14. The maximum absolute atomic E-state index is 12.6. The Hall–Kier alpha value is -1.55. The van der Waals surface area contributed by atoms with Crippen LogP contribution in [0.15, 0.2) is 53.6 Å². The quantitative estimate of drug-likeness (QED) is 0.648. The molecule has 1 aromatic heterocycles. The number of aromatic nitrogens is 1. The van der Waals surface area contributed by atoms with E-state index in [1.807, 2.05) is 18.2 Å². The third kappa shape index (κ3) is 4.07. The van der Waals surface area contributed by atoms with Crippen molar-refractivity contribution < 1.29 is 4.39 Å². The highest BCUT2D eigenvalue weighted by Gasteiger charge is 1.95. The molecule has 0 fully saturated rings. The van der Waals surface area contributed by atoms with E-state index in [1.165, 1.54) is 17.2 Å². The topological polar surface area (TPSA) is 24.9 Å². The fraction of sp³-hybridized carbons (Fsp3) is 0.154. The maximum atomic E-state index is 12.6. The monoisotopic (exact) mass is 248 g/mol. The van der Waals surface area contributed by atoms with Crippen LogP contribution in [0.25, 0.3) is 0 Å². The van der Waals surface area contributed by atoms with E-state index in [-0.39, 0.29) is 5.82 Å². The molecule has 0 saturated carbocycles. The molecule has 17 heavy (non-hydrogen) atoms. The van der Waals surface area contributed by atoms with E-state index >= 15 is 0 Å². The Morgan fingerprint density at radius 3 is 2.65 bits per heavy atom. The van der Waals surface area contributed by atoms with E-state index in [9.17, 15) is 4.39 Å². The van der Waals surface area contributed by atoms with Crippen molar-refractivity contribution in [2.75, 3.05) is 17.6 Å². The molecule has 4 heteroatoms. The van der Waals surface area contributed by atoms with Crippen LogP contribution in [0.5, 0.6) is 0 Å². The Kier molecular flexibility index (Phi) is 4.38. The predicted molar refractivity (Wildman–Crippen MR) is 69.9 cm³/mol. The third-order valence-electron chi connectivity index (χ3n) is 2.15. The van der Waals surface area contributed by atoms with Gasteiger partial charge in [0.1, 0.15) is 11.6 Å². The molecule has 1 heterocycles. The molecule has 0 radical (unpaired) electrons. The van der Waals surface area contributed by atoms with Crippen LogP contribution in [-0.4, -0.2) is 17.3 Å². The van der Waals surface area contributed by atoms with E-state index < -0.39 is 0 Å². The summed E-state index contributed by atoms with van der Waals surface area (Å²) in [7, 11) is 0. The molecule has 2 aromatic rings. The van der Waals surface area contributed by atoms with Crippen LogP contribution < -0.4 is 5.32 Å². The van der Waals surface area contributed by atoms with E-state index in [4.69, 9.17) is 0 Å². The molecule has 0 unspecified atom stereocenters. The van der Waals surface area contributed by atoms with Gasteiger partial charge in [-0.25, -0.2) is 9.37 Å². The minimum Gasteiger partial charge on any atom is -0.369 e. The first-order chi connectivity index (χ1) is 8.34. The van der Waals surface area contributed by atoms with Gasteiger partial charge in [-0.15, -0.1) is 11.8 Å². The molecular formula is C13H13FN2S. The summed E-state index contributed by atoms with van der Waals surface area (Å²) in [5.41, 5.74) is 0. The molecule has 88 valence electrons. The van der Waals surface area contributed by atoms with Crippen LogP contribution in [0.3, 0.4) is 0 Å². The number of hydrogen-bond donors (Lipinski definition) is 1. The highest BCUT2D eigenvalue weighted by molar-refractivity contribution is 7.99. The molecule has 0 atom stereocenters. The molecule has 2 rings (SSSR count). The molecule has 0 amide bonds. The fourth-order valence-corrected chi connectivity index (χ4v) is 2.13. The Balaban J connectivity index is 1.71. The Morgan fingerprint density at radius 2 is 1.94 bits per heavy atom. The number of anilines is 1. The van der Waals surface area contributed by atoms with Crippen LogP contribution in [0.2, 0.25) is 0 Å². The number of pyridine rings is 1. The Labute approximate surface area is 104 Å². The lowest BCUT2D eigenvalue weighted by Gasteiger charge is -2.05. The predicted octanol–water partition coefficient (Wildman–Crippen LogP) is 3.42. The first kappa shape index (κ1) is 11.9. The van der Waals surface area contributed by atoms with Gasteiger partial charge in [-0.1, -0.05) is 18.2 Å². The Morgan fingerprint density at radius 1 is 1.12 bits per heavy atom. The number of halogens is 1. The number of hydrogen-bond acceptors (Lipinski definition) is 3. The lowest BCUT2D eigenvalue weighted by atomic mass is 10.4. The first-order valence-corrected chi connectivity index (χ1v) is 6.36. The van der Waals surface area contributed by atoms with Crippen LogP contribution >= 0.6 is 11.8 Å². The number of thioether (sulfide) groups is 1. The van der Waals surface area contributed by atoms with Crippen LogP contribution in [0.1, 0.15) is 0 Å². The zero-order valence-electron chi connectivity index (χ0n) is 9.27. The lowest BCUT2D eigenvalue weighted by molar-refractivity contribution is 0.622. The Bertz CT molecular complexity index is 445. The molecule has 2 nitrogen and oxygen atoms in total. The molecule has 1 N–H and O–H groups in total.